The van der Waals surface area contributed by atoms with Gasteiger partial charge in [-0.25, -0.2) is 0 Å². The third kappa shape index (κ3) is 3.54. The average Bonchev–Trinajstić information content (AvgIpc) is 2.81. The Morgan fingerprint density at radius 2 is 2.18 bits per heavy atom. The van der Waals surface area contributed by atoms with E-state index in [4.69, 9.17) is 4.74 Å². The molecule has 1 atom stereocenters. The van der Waals surface area contributed by atoms with E-state index < -0.39 is 4.92 Å². The molecule has 0 aromatic heterocycles. The quantitative estimate of drug-likeness (QED) is 0.677. The van der Waals surface area contributed by atoms with Gasteiger partial charge in [0.25, 0.3) is 5.91 Å². The van der Waals surface area contributed by atoms with Crippen LogP contribution in [0.2, 0.25) is 0 Å². The lowest BCUT2D eigenvalue weighted by atomic mass is 10.1. The smallest absolute Gasteiger partial charge is 0.310 e. The van der Waals surface area contributed by atoms with Gasteiger partial charge in [0.05, 0.1) is 12.0 Å². The van der Waals surface area contributed by atoms with Crippen molar-refractivity contribution in [1.82, 2.24) is 10.2 Å². The highest BCUT2D eigenvalue weighted by atomic mass is 16.6. The van der Waals surface area contributed by atoms with Crippen LogP contribution in [0.25, 0.3) is 0 Å². The van der Waals surface area contributed by atoms with Gasteiger partial charge in [-0.1, -0.05) is 0 Å². The molecule has 7 nitrogen and oxygen atoms in total. The maximum atomic E-state index is 12.6. The Morgan fingerprint density at radius 3 is 2.86 bits per heavy atom. The van der Waals surface area contributed by atoms with Gasteiger partial charge in [0, 0.05) is 30.8 Å². The lowest BCUT2D eigenvalue weighted by Crippen LogP contribution is -2.37. The number of nitrogens with one attached hydrogen (secondary N) is 1. The van der Waals surface area contributed by atoms with Gasteiger partial charge in [0.2, 0.25) is 0 Å². The number of nitrogens with zero attached hydrogens (tertiary/aromatic N) is 2. The molecule has 1 saturated heterocycles. The zero-order valence-electron chi connectivity index (χ0n) is 12.9. The van der Waals surface area contributed by atoms with Crippen LogP contribution in [0.3, 0.4) is 0 Å². The zero-order valence-corrected chi connectivity index (χ0v) is 12.9. The van der Waals surface area contributed by atoms with E-state index in [1.165, 1.54) is 25.3 Å². The molecule has 0 bridgehead atoms. The Kier molecular flexibility index (Phi) is 5.32. The molecular weight excluding hydrogens is 286 g/mol. The van der Waals surface area contributed by atoms with Crippen molar-refractivity contribution in [2.75, 3.05) is 27.2 Å². The van der Waals surface area contributed by atoms with Crippen LogP contribution in [-0.2, 0) is 0 Å². The summed E-state index contributed by atoms with van der Waals surface area (Å²) in [7, 11) is 3.14. The molecule has 1 aromatic carbocycles. The molecule has 0 radical (unpaired) electrons. The number of carbonyl (C=O) groups is 1. The van der Waals surface area contributed by atoms with Crippen LogP contribution >= 0.6 is 0 Å². The molecule has 1 amide bonds. The Balaban J connectivity index is 2.19. The predicted molar refractivity (Wildman–Crippen MR) is 82.3 cm³/mol. The minimum Gasteiger partial charge on any atom is -0.490 e. The summed E-state index contributed by atoms with van der Waals surface area (Å²) in [6.45, 7) is 1.87. The normalized spacial score (nSPS) is 18.4. The van der Waals surface area contributed by atoms with Crippen LogP contribution in [0.5, 0.6) is 5.75 Å². The van der Waals surface area contributed by atoms with Gasteiger partial charge in [-0.3, -0.25) is 14.9 Å². The first-order valence-electron chi connectivity index (χ1n) is 7.35. The molecule has 120 valence electrons. The number of hydrogen-bond acceptors (Lipinski definition) is 5. The second kappa shape index (κ2) is 7.22. The van der Waals surface area contributed by atoms with E-state index in [0.717, 1.165) is 32.4 Å². The topological polar surface area (TPSA) is 84.7 Å². The first-order valence-corrected chi connectivity index (χ1v) is 7.35. The summed E-state index contributed by atoms with van der Waals surface area (Å²) in [4.78, 5) is 24.7. The van der Waals surface area contributed by atoms with Crippen molar-refractivity contribution in [3.63, 3.8) is 0 Å². The molecule has 1 unspecified atom stereocenters. The third-order valence-corrected chi connectivity index (χ3v) is 4.04. The molecule has 22 heavy (non-hydrogen) atoms. The molecule has 1 N–H and O–H groups in total. The van der Waals surface area contributed by atoms with Crippen LogP contribution in [-0.4, -0.2) is 49.0 Å². The van der Waals surface area contributed by atoms with E-state index >= 15 is 0 Å². The highest BCUT2D eigenvalue weighted by Crippen LogP contribution is 2.28. The van der Waals surface area contributed by atoms with Gasteiger partial charge in [0.15, 0.2) is 5.75 Å². The van der Waals surface area contributed by atoms with E-state index in [0.29, 0.717) is 5.56 Å². The van der Waals surface area contributed by atoms with Crippen LogP contribution in [0, 0.1) is 10.1 Å². The van der Waals surface area contributed by atoms with Gasteiger partial charge in [-0.15, -0.1) is 0 Å². The van der Waals surface area contributed by atoms with Crippen molar-refractivity contribution >= 4 is 11.6 Å². The number of rotatable bonds is 4. The number of nitro benzene ring substituents is 1. The van der Waals surface area contributed by atoms with E-state index in [1.807, 2.05) is 0 Å². The second-order valence-electron chi connectivity index (χ2n) is 5.39. The predicted octanol–water partition coefficient (Wildman–Crippen LogP) is 1.82. The largest absolute Gasteiger partial charge is 0.490 e. The standard InChI is InChI=1S/C15H21N3O4/c1-17(12-4-3-8-16-9-7-12)15(19)11-5-6-13(18(20)21)14(10-11)22-2/h5-6,10,12,16H,3-4,7-9H2,1-2H3. The Labute approximate surface area is 129 Å². The number of nitro groups is 1. The number of carbonyl (C=O) groups excluding carboxylic acids is 1. The van der Waals surface area contributed by atoms with Crippen molar-refractivity contribution in [2.45, 2.75) is 25.3 Å². The van der Waals surface area contributed by atoms with Crippen molar-refractivity contribution < 1.29 is 14.5 Å². The maximum absolute atomic E-state index is 12.6. The first kappa shape index (κ1) is 16.2. The summed E-state index contributed by atoms with van der Waals surface area (Å²) in [5.41, 5.74) is 0.266. The highest BCUT2D eigenvalue weighted by Gasteiger charge is 2.24. The van der Waals surface area contributed by atoms with E-state index in [1.54, 1.807) is 11.9 Å². The molecule has 1 aliphatic heterocycles. The second-order valence-corrected chi connectivity index (χ2v) is 5.39. The lowest BCUT2D eigenvalue weighted by molar-refractivity contribution is -0.385. The zero-order chi connectivity index (χ0) is 16.1. The third-order valence-electron chi connectivity index (χ3n) is 4.04. The molecule has 1 heterocycles. The van der Waals surface area contributed by atoms with Crippen LogP contribution in [0.15, 0.2) is 18.2 Å². The SMILES string of the molecule is COc1cc(C(=O)N(C)C2CCCNCC2)ccc1[N+](=O)[O-]. The fraction of sp³-hybridized carbons (Fsp3) is 0.533. The van der Waals surface area contributed by atoms with Crippen molar-refractivity contribution in [1.29, 1.82) is 0 Å². The number of ether oxygens (including phenoxy) is 1. The monoisotopic (exact) mass is 307 g/mol. The molecule has 1 aliphatic rings. The Bertz CT molecular complexity index is 554. The fourth-order valence-corrected chi connectivity index (χ4v) is 2.72. The van der Waals surface area contributed by atoms with Gasteiger partial charge in [-0.2, -0.15) is 0 Å². The summed E-state index contributed by atoms with van der Waals surface area (Å²) >= 11 is 0. The number of hydrogen-bond donors (Lipinski definition) is 1. The van der Waals surface area contributed by atoms with E-state index in [-0.39, 0.29) is 23.4 Å². The minimum absolute atomic E-state index is 0.104. The highest BCUT2D eigenvalue weighted by molar-refractivity contribution is 5.95. The van der Waals surface area contributed by atoms with E-state index in [2.05, 4.69) is 5.32 Å². The van der Waals surface area contributed by atoms with Gasteiger partial charge in [0.1, 0.15) is 0 Å². The molecule has 7 heteroatoms. The molecule has 0 aliphatic carbocycles. The van der Waals surface area contributed by atoms with Crippen LogP contribution < -0.4 is 10.1 Å². The van der Waals surface area contributed by atoms with E-state index in [9.17, 15) is 14.9 Å². The fourth-order valence-electron chi connectivity index (χ4n) is 2.72. The number of amides is 1. The van der Waals surface area contributed by atoms with Crippen LogP contribution in [0.1, 0.15) is 29.6 Å². The summed E-state index contributed by atoms with van der Waals surface area (Å²) in [6, 6.07) is 4.42. The van der Waals surface area contributed by atoms with Crippen molar-refractivity contribution in [2.24, 2.45) is 0 Å². The van der Waals surface area contributed by atoms with Crippen molar-refractivity contribution in [3.05, 3.63) is 33.9 Å². The summed E-state index contributed by atoms with van der Waals surface area (Å²) in [5, 5.41) is 14.2. The minimum atomic E-state index is -0.520. The van der Waals surface area contributed by atoms with Crippen molar-refractivity contribution in [3.8, 4) is 5.75 Å². The molecular formula is C15H21N3O4. The molecule has 2 rings (SSSR count). The molecule has 0 spiro atoms. The molecule has 0 saturated carbocycles. The maximum Gasteiger partial charge on any atom is 0.310 e. The Hall–Kier alpha value is -2.15. The molecule has 1 aromatic rings. The first-order chi connectivity index (χ1) is 10.5. The summed E-state index contributed by atoms with van der Waals surface area (Å²) in [6.07, 6.45) is 2.90. The number of methoxy groups -OCH3 is 1. The molecule has 1 fully saturated rings. The number of benzene rings is 1. The van der Waals surface area contributed by atoms with Gasteiger partial charge < -0.3 is 15.0 Å². The van der Waals surface area contributed by atoms with Gasteiger partial charge >= 0.3 is 5.69 Å². The lowest BCUT2D eigenvalue weighted by Gasteiger charge is -2.27. The average molecular weight is 307 g/mol. The summed E-state index contributed by atoms with van der Waals surface area (Å²) in [5.74, 6) is -0.0353. The summed E-state index contributed by atoms with van der Waals surface area (Å²) < 4.78 is 5.02. The van der Waals surface area contributed by atoms with Crippen LogP contribution in [0.4, 0.5) is 5.69 Å². The Morgan fingerprint density at radius 1 is 1.41 bits per heavy atom. The van der Waals surface area contributed by atoms with Gasteiger partial charge in [-0.05, 0) is 38.4 Å².